The number of halogens is 3. The molecule has 0 unspecified atom stereocenters. The number of hydrogen-bond donors (Lipinski definition) is 3. The van der Waals surface area contributed by atoms with Gasteiger partial charge in [0, 0.05) is 44.5 Å². The van der Waals surface area contributed by atoms with Gasteiger partial charge in [-0.3, -0.25) is 0 Å². The van der Waals surface area contributed by atoms with E-state index in [1.54, 1.807) is 26.4 Å². The molecule has 10 nitrogen and oxygen atoms in total. The summed E-state index contributed by atoms with van der Waals surface area (Å²) in [6.07, 6.45) is -0.933. The summed E-state index contributed by atoms with van der Waals surface area (Å²) in [4.78, 5) is 17.6. The van der Waals surface area contributed by atoms with Gasteiger partial charge in [-0.25, -0.2) is 27.5 Å². The lowest BCUT2D eigenvalue weighted by Crippen LogP contribution is -2.52. The number of alkyl halides is 3. The Morgan fingerprint density at radius 1 is 1.14 bits per heavy atom. The molecule has 1 aliphatic heterocycles. The molecule has 3 rings (SSSR count). The number of aliphatic carboxylic acids is 1. The normalized spacial score (nSPS) is 14.3. The average Bonchev–Trinajstić information content (AvgIpc) is 2.79. The Morgan fingerprint density at radius 2 is 1.69 bits per heavy atom. The van der Waals surface area contributed by atoms with Crippen LogP contribution in [0.25, 0.3) is 0 Å². The standard InChI is InChI=1S/C19H27N5O3S.C2HF3O2/c1-3-28(25,26)24-13-16(14-24)12-23-19-18(21-10-11-22-19)20-9-8-15-4-6-17(27-2)7-5-15;3-2(4,5)1(6)7/h4-7,10-11,16H,3,8-9,12-14H2,1-2H3,(H,20,21)(H,22,23);(H,6,7). The minimum absolute atomic E-state index is 0.152. The second kappa shape index (κ2) is 12.5. The first kappa shape index (κ1) is 28.1. The van der Waals surface area contributed by atoms with Crippen molar-refractivity contribution in [1.29, 1.82) is 0 Å². The third kappa shape index (κ3) is 8.87. The SMILES string of the molecule is CCS(=O)(=O)N1CC(CNc2nccnc2NCCc2ccc(OC)cc2)C1.O=C(O)C(F)(F)F. The van der Waals surface area contributed by atoms with Crippen molar-refractivity contribution in [1.82, 2.24) is 14.3 Å². The number of methoxy groups -OCH3 is 1. The Labute approximate surface area is 201 Å². The highest BCUT2D eigenvalue weighted by molar-refractivity contribution is 7.89. The topological polar surface area (TPSA) is 134 Å². The summed E-state index contributed by atoms with van der Waals surface area (Å²) < 4.78 is 62.0. The molecule has 0 bridgehead atoms. The number of nitrogens with one attached hydrogen (secondary N) is 2. The molecule has 0 amide bonds. The summed E-state index contributed by atoms with van der Waals surface area (Å²) in [5.74, 6) is -0.0802. The summed E-state index contributed by atoms with van der Waals surface area (Å²) in [5, 5.41) is 13.7. The van der Waals surface area contributed by atoms with Crippen LogP contribution in [0.2, 0.25) is 0 Å². The third-order valence-corrected chi connectivity index (χ3v) is 6.86. The molecule has 0 atom stereocenters. The van der Waals surface area contributed by atoms with Gasteiger partial charge in [0.25, 0.3) is 0 Å². The van der Waals surface area contributed by atoms with Crippen LogP contribution in [0, 0.1) is 5.92 Å². The minimum Gasteiger partial charge on any atom is -0.497 e. The lowest BCUT2D eigenvalue weighted by Gasteiger charge is -2.38. The second-order valence-corrected chi connectivity index (χ2v) is 9.80. The van der Waals surface area contributed by atoms with E-state index >= 15 is 0 Å². The number of carbonyl (C=O) groups is 1. The summed E-state index contributed by atoms with van der Waals surface area (Å²) >= 11 is 0. The summed E-state index contributed by atoms with van der Waals surface area (Å²) in [5.41, 5.74) is 1.21. The van der Waals surface area contributed by atoms with Crippen LogP contribution in [-0.4, -0.2) is 79.0 Å². The van der Waals surface area contributed by atoms with E-state index in [1.165, 1.54) is 9.87 Å². The van der Waals surface area contributed by atoms with Crippen LogP contribution in [0.1, 0.15) is 12.5 Å². The second-order valence-electron chi connectivity index (χ2n) is 7.55. The maximum Gasteiger partial charge on any atom is 0.490 e. The fourth-order valence-electron chi connectivity index (χ4n) is 3.02. The Hall–Kier alpha value is -3.13. The van der Waals surface area contributed by atoms with Gasteiger partial charge in [0.15, 0.2) is 11.6 Å². The first-order valence-corrected chi connectivity index (χ1v) is 12.3. The summed E-state index contributed by atoms with van der Waals surface area (Å²) in [6, 6.07) is 7.99. The highest BCUT2D eigenvalue weighted by atomic mass is 32.2. The van der Waals surface area contributed by atoms with Crippen molar-refractivity contribution in [3.05, 3.63) is 42.2 Å². The van der Waals surface area contributed by atoms with Crippen LogP contribution < -0.4 is 15.4 Å². The van der Waals surface area contributed by atoms with Gasteiger partial charge in [0.1, 0.15) is 5.75 Å². The van der Waals surface area contributed by atoms with Crippen LogP contribution in [-0.2, 0) is 21.2 Å². The number of nitrogens with zero attached hydrogens (tertiary/aromatic N) is 3. The molecule has 194 valence electrons. The van der Waals surface area contributed by atoms with Gasteiger partial charge in [0.05, 0.1) is 12.9 Å². The zero-order chi connectivity index (χ0) is 26.1. The molecule has 3 N–H and O–H groups in total. The number of sulfonamides is 1. The number of ether oxygens (including phenoxy) is 1. The summed E-state index contributed by atoms with van der Waals surface area (Å²) in [7, 11) is -1.42. The number of carboxylic acids is 1. The van der Waals surface area contributed by atoms with Crippen molar-refractivity contribution in [3.8, 4) is 5.75 Å². The van der Waals surface area contributed by atoms with Gasteiger partial charge in [-0.2, -0.15) is 13.2 Å². The Balaban J connectivity index is 0.000000540. The zero-order valence-corrected chi connectivity index (χ0v) is 20.1. The summed E-state index contributed by atoms with van der Waals surface area (Å²) in [6.45, 7) is 4.19. The van der Waals surface area contributed by atoms with Gasteiger partial charge in [-0.15, -0.1) is 0 Å². The lowest BCUT2D eigenvalue weighted by atomic mass is 10.0. The number of rotatable bonds is 10. The smallest absolute Gasteiger partial charge is 0.490 e. The molecule has 2 heterocycles. The van der Waals surface area contributed by atoms with E-state index in [-0.39, 0.29) is 11.7 Å². The van der Waals surface area contributed by atoms with Crippen molar-refractivity contribution in [2.24, 2.45) is 5.92 Å². The zero-order valence-electron chi connectivity index (χ0n) is 19.2. The number of benzene rings is 1. The van der Waals surface area contributed by atoms with Crippen LogP contribution in [0.5, 0.6) is 5.75 Å². The molecule has 0 saturated carbocycles. The molecule has 1 fully saturated rings. The molecule has 1 aromatic carbocycles. The van der Waals surface area contributed by atoms with Crippen LogP contribution in [0.3, 0.4) is 0 Å². The Bertz CT molecular complexity index is 1060. The molecule has 2 aromatic rings. The van der Waals surface area contributed by atoms with Crippen molar-refractivity contribution < 1.29 is 36.2 Å². The van der Waals surface area contributed by atoms with Crippen molar-refractivity contribution in [2.75, 3.05) is 49.7 Å². The van der Waals surface area contributed by atoms with Crippen LogP contribution in [0.15, 0.2) is 36.7 Å². The van der Waals surface area contributed by atoms with E-state index in [0.717, 1.165) is 18.7 Å². The van der Waals surface area contributed by atoms with Crippen LogP contribution >= 0.6 is 0 Å². The monoisotopic (exact) mass is 519 g/mol. The maximum absolute atomic E-state index is 11.8. The lowest BCUT2D eigenvalue weighted by molar-refractivity contribution is -0.192. The molecular formula is C21H28F3N5O5S. The first-order valence-electron chi connectivity index (χ1n) is 10.7. The molecule has 1 aliphatic rings. The van der Waals surface area contributed by atoms with Gasteiger partial charge < -0.3 is 20.5 Å². The fraction of sp³-hybridized carbons (Fsp3) is 0.476. The highest BCUT2D eigenvalue weighted by Gasteiger charge is 2.38. The predicted molar refractivity (Wildman–Crippen MR) is 124 cm³/mol. The Kier molecular flexibility index (Phi) is 10.1. The molecule has 1 saturated heterocycles. The quantitative estimate of drug-likeness (QED) is 0.433. The molecular weight excluding hydrogens is 491 g/mol. The van der Waals surface area contributed by atoms with E-state index in [1.807, 2.05) is 24.3 Å². The molecule has 14 heteroatoms. The molecule has 0 aliphatic carbocycles. The molecule has 1 aromatic heterocycles. The predicted octanol–water partition coefficient (Wildman–Crippen LogP) is 2.47. The van der Waals surface area contributed by atoms with E-state index in [0.29, 0.717) is 31.3 Å². The molecule has 35 heavy (non-hydrogen) atoms. The third-order valence-electron chi connectivity index (χ3n) is 5.05. The first-order chi connectivity index (χ1) is 16.5. The van der Waals surface area contributed by atoms with E-state index in [9.17, 15) is 21.6 Å². The fourth-order valence-corrected chi connectivity index (χ4v) is 4.26. The Morgan fingerprint density at radius 3 is 2.17 bits per heavy atom. The number of aromatic nitrogens is 2. The van der Waals surface area contributed by atoms with Crippen molar-refractivity contribution >= 4 is 27.6 Å². The van der Waals surface area contributed by atoms with Crippen LogP contribution in [0.4, 0.5) is 24.8 Å². The maximum atomic E-state index is 11.8. The number of anilines is 2. The van der Waals surface area contributed by atoms with Gasteiger partial charge >= 0.3 is 12.1 Å². The van der Waals surface area contributed by atoms with Gasteiger partial charge in [-0.1, -0.05) is 12.1 Å². The van der Waals surface area contributed by atoms with E-state index in [4.69, 9.17) is 14.6 Å². The molecule has 0 spiro atoms. The van der Waals surface area contributed by atoms with Gasteiger partial charge in [0.2, 0.25) is 10.0 Å². The minimum atomic E-state index is -5.08. The highest BCUT2D eigenvalue weighted by Crippen LogP contribution is 2.22. The van der Waals surface area contributed by atoms with Crippen molar-refractivity contribution in [3.63, 3.8) is 0 Å². The number of carboxylic acid groups (broad SMARTS) is 1. The van der Waals surface area contributed by atoms with E-state index < -0.39 is 22.2 Å². The molecule has 0 radical (unpaired) electrons. The average molecular weight is 520 g/mol. The van der Waals surface area contributed by atoms with Gasteiger partial charge in [-0.05, 0) is 31.0 Å². The van der Waals surface area contributed by atoms with Crippen molar-refractivity contribution in [2.45, 2.75) is 19.5 Å². The number of hydrogen-bond acceptors (Lipinski definition) is 8. The largest absolute Gasteiger partial charge is 0.497 e. The van der Waals surface area contributed by atoms with E-state index in [2.05, 4.69) is 20.6 Å².